The van der Waals surface area contributed by atoms with E-state index in [1.807, 2.05) is 12.1 Å². The summed E-state index contributed by atoms with van der Waals surface area (Å²) in [5.74, 6) is 1.57. The van der Waals surface area contributed by atoms with Gasteiger partial charge in [-0.2, -0.15) is 0 Å². The maximum atomic E-state index is 14.1. The maximum Gasteiger partial charge on any atom is 0.139 e. The highest BCUT2D eigenvalue weighted by molar-refractivity contribution is 7.16. The molecule has 1 aromatic heterocycles. The van der Waals surface area contributed by atoms with Gasteiger partial charge in [0.05, 0.1) is 24.0 Å². The largest absolute Gasteiger partial charge is 0.497 e. The molecular weight excluding hydrogens is 447 g/mol. The van der Waals surface area contributed by atoms with Crippen LogP contribution >= 0.6 is 11.3 Å². The van der Waals surface area contributed by atoms with Crippen LogP contribution in [0.5, 0.6) is 5.75 Å². The van der Waals surface area contributed by atoms with Crippen LogP contribution in [0.25, 0.3) is 0 Å². The SMILES string of the molecule is CCc1cc2c(s1)Nc1ccc(F)cc1N=C2N1CCN(C)C(CCc2ccc(OC)cc2)C1. The van der Waals surface area contributed by atoms with Crippen molar-refractivity contribution in [2.75, 3.05) is 39.1 Å². The van der Waals surface area contributed by atoms with Crippen LogP contribution in [0.3, 0.4) is 0 Å². The summed E-state index contributed by atoms with van der Waals surface area (Å²) >= 11 is 1.76. The van der Waals surface area contributed by atoms with Gasteiger partial charge >= 0.3 is 0 Å². The van der Waals surface area contributed by atoms with Gasteiger partial charge in [0.25, 0.3) is 0 Å². The Morgan fingerprint density at radius 1 is 1.15 bits per heavy atom. The molecular formula is C27H31FN4OS. The van der Waals surface area contributed by atoms with Crippen molar-refractivity contribution in [2.45, 2.75) is 32.2 Å². The summed E-state index contributed by atoms with van der Waals surface area (Å²) in [6, 6.07) is 15.8. The highest BCUT2D eigenvalue weighted by Gasteiger charge is 2.30. The molecule has 5 rings (SSSR count). The van der Waals surface area contributed by atoms with Crippen LogP contribution < -0.4 is 10.1 Å². The summed E-state index contributed by atoms with van der Waals surface area (Å²) in [6.07, 6.45) is 3.06. The predicted molar refractivity (Wildman–Crippen MR) is 139 cm³/mol. The minimum absolute atomic E-state index is 0.265. The number of rotatable bonds is 5. The highest BCUT2D eigenvalue weighted by Crippen LogP contribution is 2.40. The lowest BCUT2D eigenvalue weighted by Crippen LogP contribution is -2.53. The number of likely N-dealkylation sites (N-methyl/N-ethyl adjacent to an activating group) is 1. The third-order valence-corrected chi connectivity index (χ3v) is 8.00. The Morgan fingerprint density at radius 2 is 1.97 bits per heavy atom. The first-order valence-electron chi connectivity index (χ1n) is 11.9. The van der Waals surface area contributed by atoms with E-state index in [9.17, 15) is 4.39 Å². The Labute approximate surface area is 204 Å². The molecule has 2 aliphatic rings. The molecule has 1 saturated heterocycles. The lowest BCUT2D eigenvalue weighted by atomic mass is 10.0. The van der Waals surface area contributed by atoms with Crippen LogP contribution in [-0.4, -0.2) is 55.5 Å². The molecule has 0 amide bonds. The van der Waals surface area contributed by atoms with Gasteiger partial charge in [-0.05, 0) is 62.2 Å². The Hall–Kier alpha value is -2.90. The summed E-state index contributed by atoms with van der Waals surface area (Å²) in [6.45, 7) is 4.94. The molecule has 1 atom stereocenters. The summed E-state index contributed by atoms with van der Waals surface area (Å²) in [5.41, 5.74) is 3.95. The first-order valence-corrected chi connectivity index (χ1v) is 12.7. The van der Waals surface area contributed by atoms with Crippen molar-refractivity contribution in [3.8, 4) is 5.75 Å². The van der Waals surface area contributed by atoms with Crippen molar-refractivity contribution in [1.82, 2.24) is 9.80 Å². The zero-order valence-electron chi connectivity index (χ0n) is 20.0. The number of ether oxygens (including phenoxy) is 1. The van der Waals surface area contributed by atoms with Gasteiger partial charge in [0.1, 0.15) is 22.4 Å². The van der Waals surface area contributed by atoms with Gasteiger partial charge in [-0.1, -0.05) is 19.1 Å². The van der Waals surface area contributed by atoms with Crippen molar-refractivity contribution in [2.24, 2.45) is 4.99 Å². The molecule has 34 heavy (non-hydrogen) atoms. The molecule has 2 aliphatic heterocycles. The molecule has 2 aromatic carbocycles. The third-order valence-electron chi connectivity index (χ3n) is 6.81. The van der Waals surface area contributed by atoms with E-state index < -0.39 is 0 Å². The van der Waals surface area contributed by atoms with Crippen LogP contribution in [0.4, 0.5) is 20.8 Å². The van der Waals surface area contributed by atoms with E-state index in [0.29, 0.717) is 11.7 Å². The number of nitrogens with one attached hydrogen (secondary N) is 1. The van der Waals surface area contributed by atoms with Crippen LogP contribution in [-0.2, 0) is 12.8 Å². The second-order valence-electron chi connectivity index (χ2n) is 9.00. The molecule has 1 N–H and O–H groups in total. The number of halogens is 1. The average Bonchev–Trinajstić information content (AvgIpc) is 3.20. The lowest BCUT2D eigenvalue weighted by Gasteiger charge is -2.41. The fourth-order valence-electron chi connectivity index (χ4n) is 4.69. The summed E-state index contributed by atoms with van der Waals surface area (Å²) in [4.78, 5) is 11.2. The molecule has 5 nitrogen and oxygen atoms in total. The number of piperazine rings is 1. The molecule has 7 heteroatoms. The summed E-state index contributed by atoms with van der Waals surface area (Å²) < 4.78 is 19.4. The van der Waals surface area contributed by atoms with Gasteiger partial charge < -0.3 is 15.0 Å². The molecule has 3 aromatic rings. The minimum Gasteiger partial charge on any atom is -0.497 e. The Morgan fingerprint density at radius 3 is 2.74 bits per heavy atom. The topological polar surface area (TPSA) is 40.1 Å². The molecule has 0 spiro atoms. The number of methoxy groups -OCH3 is 1. The number of benzene rings is 2. The first kappa shape index (κ1) is 22.9. The molecule has 0 radical (unpaired) electrons. The molecule has 1 unspecified atom stereocenters. The molecule has 0 aliphatic carbocycles. The van der Waals surface area contributed by atoms with Gasteiger partial charge in [0.2, 0.25) is 0 Å². The number of hydrogen-bond donors (Lipinski definition) is 1. The smallest absolute Gasteiger partial charge is 0.139 e. The quantitative estimate of drug-likeness (QED) is 0.500. The number of nitrogens with zero attached hydrogens (tertiary/aromatic N) is 3. The lowest BCUT2D eigenvalue weighted by molar-refractivity contribution is 0.134. The standard InChI is InChI=1S/C27H31FN4OS/c1-4-22-16-23-26(29-25-15-19(28)8-12-24(25)30-27(23)34-22)32-14-13-31(2)20(17-32)9-5-18-6-10-21(33-3)11-7-18/h6-8,10-12,15-16,20,30H,4-5,9,13-14,17H2,1-3H3. The second kappa shape index (κ2) is 9.76. The number of aryl methyl sites for hydroxylation is 2. The van der Waals surface area contributed by atoms with E-state index in [0.717, 1.165) is 66.7 Å². The number of hydrogen-bond acceptors (Lipinski definition) is 6. The summed E-state index contributed by atoms with van der Waals surface area (Å²) in [5, 5.41) is 4.61. The van der Waals surface area contributed by atoms with E-state index in [4.69, 9.17) is 9.73 Å². The van der Waals surface area contributed by atoms with Gasteiger partial charge in [-0.15, -0.1) is 11.3 Å². The normalized spacial score (nSPS) is 17.9. The molecule has 0 saturated carbocycles. The van der Waals surface area contributed by atoms with Gasteiger partial charge in [0.15, 0.2) is 0 Å². The van der Waals surface area contributed by atoms with Crippen molar-refractivity contribution < 1.29 is 9.13 Å². The average molecular weight is 479 g/mol. The number of fused-ring (bicyclic) bond motifs is 2. The molecule has 1 fully saturated rings. The number of thiophene rings is 1. The fraction of sp³-hybridized carbons (Fsp3) is 0.370. The second-order valence-corrected chi connectivity index (χ2v) is 10.1. The zero-order valence-corrected chi connectivity index (χ0v) is 20.8. The minimum atomic E-state index is -0.265. The predicted octanol–water partition coefficient (Wildman–Crippen LogP) is 5.84. The van der Waals surface area contributed by atoms with Gasteiger partial charge in [-0.25, -0.2) is 9.38 Å². The van der Waals surface area contributed by atoms with Gasteiger partial charge in [0, 0.05) is 36.6 Å². The van der Waals surface area contributed by atoms with Crippen LogP contribution in [0.15, 0.2) is 53.5 Å². The molecule has 178 valence electrons. The van der Waals surface area contributed by atoms with E-state index in [1.165, 1.54) is 22.6 Å². The maximum absolute atomic E-state index is 14.1. The Balaban J connectivity index is 1.41. The molecule has 0 bridgehead atoms. The van der Waals surface area contributed by atoms with Crippen molar-refractivity contribution in [1.29, 1.82) is 0 Å². The van der Waals surface area contributed by atoms with E-state index in [1.54, 1.807) is 24.5 Å². The Kier molecular flexibility index (Phi) is 6.57. The van der Waals surface area contributed by atoms with E-state index >= 15 is 0 Å². The van der Waals surface area contributed by atoms with E-state index in [2.05, 4.69) is 47.3 Å². The Bertz CT molecular complexity index is 1190. The van der Waals surface area contributed by atoms with Crippen LogP contribution in [0.1, 0.15) is 29.3 Å². The van der Waals surface area contributed by atoms with Crippen molar-refractivity contribution >= 4 is 33.5 Å². The van der Waals surface area contributed by atoms with Crippen molar-refractivity contribution in [3.05, 3.63) is 70.4 Å². The number of anilines is 2. The number of amidine groups is 1. The molecule has 3 heterocycles. The highest BCUT2D eigenvalue weighted by atomic mass is 32.1. The van der Waals surface area contributed by atoms with Crippen LogP contribution in [0, 0.1) is 5.82 Å². The summed E-state index contributed by atoms with van der Waals surface area (Å²) in [7, 11) is 3.91. The monoisotopic (exact) mass is 478 g/mol. The zero-order chi connectivity index (χ0) is 23.7. The fourth-order valence-corrected chi connectivity index (χ4v) is 5.70. The van der Waals surface area contributed by atoms with Crippen molar-refractivity contribution in [3.63, 3.8) is 0 Å². The first-order chi connectivity index (χ1) is 16.5. The van der Waals surface area contributed by atoms with Crippen LogP contribution in [0.2, 0.25) is 0 Å². The van der Waals surface area contributed by atoms with E-state index in [-0.39, 0.29) is 5.82 Å². The number of aliphatic imine (C=N–C) groups is 1. The third kappa shape index (κ3) is 4.68. The van der Waals surface area contributed by atoms with Gasteiger partial charge in [-0.3, -0.25) is 4.90 Å².